The summed E-state index contributed by atoms with van der Waals surface area (Å²) >= 11 is 0. The van der Waals surface area contributed by atoms with Gasteiger partial charge in [-0.2, -0.15) is 0 Å². The Morgan fingerprint density at radius 2 is 1.64 bits per heavy atom. The second-order valence-corrected chi connectivity index (χ2v) is 12.5. The van der Waals surface area contributed by atoms with Crippen LogP contribution in [0.1, 0.15) is 44.1 Å². The summed E-state index contributed by atoms with van der Waals surface area (Å²) in [5, 5.41) is 9.00. The van der Waals surface area contributed by atoms with Crippen molar-refractivity contribution in [2.45, 2.75) is 54.9 Å². The Balaban J connectivity index is 1.36. The molecule has 3 aromatic rings. The zero-order chi connectivity index (χ0) is 27.5. The third-order valence-corrected chi connectivity index (χ3v) is 9.87. The summed E-state index contributed by atoms with van der Waals surface area (Å²) in [6.07, 6.45) is 4.08. The number of aliphatic carboxylic acids is 1. The molecule has 1 aliphatic carbocycles. The number of ether oxygens (including phenoxy) is 1. The molecule has 206 valence electrons. The highest BCUT2D eigenvalue weighted by Gasteiger charge is 2.59. The van der Waals surface area contributed by atoms with Crippen molar-refractivity contribution in [3.63, 3.8) is 0 Å². The van der Waals surface area contributed by atoms with Crippen LogP contribution in [0.4, 0.5) is 4.39 Å². The summed E-state index contributed by atoms with van der Waals surface area (Å²) in [5.74, 6) is -1.12. The maximum Gasteiger partial charge on any atom is 0.303 e. The number of halogens is 1. The number of benzene rings is 3. The molecule has 2 unspecified atom stereocenters. The number of carbonyl (C=O) groups is 1. The molecule has 8 heteroatoms. The molecule has 0 aromatic heterocycles. The molecule has 2 bridgehead atoms. The van der Waals surface area contributed by atoms with Crippen molar-refractivity contribution in [3.8, 4) is 11.1 Å². The Kier molecular flexibility index (Phi) is 8.16. The minimum atomic E-state index is -3.80. The number of fused-ring (bicyclic) bond motifs is 2. The van der Waals surface area contributed by atoms with Crippen LogP contribution in [0.25, 0.3) is 11.1 Å². The average molecular weight is 552 g/mol. The molecule has 1 heterocycles. The molecule has 5 rings (SSSR count). The van der Waals surface area contributed by atoms with Crippen molar-refractivity contribution in [2.75, 3.05) is 13.2 Å². The summed E-state index contributed by atoms with van der Waals surface area (Å²) in [4.78, 5) is 11.0. The zero-order valence-corrected chi connectivity index (χ0v) is 22.6. The maximum atomic E-state index is 13.3. The Morgan fingerprint density at radius 1 is 0.949 bits per heavy atom. The smallest absolute Gasteiger partial charge is 0.303 e. The van der Waals surface area contributed by atoms with Gasteiger partial charge in [-0.25, -0.2) is 17.5 Å². The van der Waals surface area contributed by atoms with Crippen molar-refractivity contribution in [1.29, 1.82) is 0 Å². The molecule has 39 heavy (non-hydrogen) atoms. The van der Waals surface area contributed by atoms with Gasteiger partial charge in [-0.15, -0.1) is 0 Å². The first-order chi connectivity index (χ1) is 18.8. The number of hydrogen-bond donors (Lipinski definition) is 2. The second kappa shape index (κ2) is 11.6. The molecule has 1 saturated heterocycles. The summed E-state index contributed by atoms with van der Waals surface area (Å²) in [6, 6.07) is 23.7. The van der Waals surface area contributed by atoms with E-state index in [-0.39, 0.29) is 41.2 Å². The average Bonchev–Trinajstić information content (AvgIpc) is 3.51. The largest absolute Gasteiger partial charge is 0.481 e. The van der Waals surface area contributed by atoms with Gasteiger partial charge in [0.2, 0.25) is 10.0 Å². The zero-order valence-electron chi connectivity index (χ0n) is 21.8. The molecule has 3 aromatic carbocycles. The van der Waals surface area contributed by atoms with E-state index in [1.165, 1.54) is 17.7 Å². The molecule has 6 nitrogen and oxygen atoms in total. The number of unbranched alkanes of at least 4 members (excludes halogenated alkanes) is 2. The number of hydrogen-bond acceptors (Lipinski definition) is 4. The Morgan fingerprint density at radius 3 is 2.33 bits per heavy atom. The molecular weight excluding hydrogens is 517 g/mol. The number of sulfonamides is 1. The monoisotopic (exact) mass is 551 g/mol. The van der Waals surface area contributed by atoms with Gasteiger partial charge in [0.15, 0.2) is 0 Å². The van der Waals surface area contributed by atoms with Crippen molar-refractivity contribution in [1.82, 2.24) is 4.72 Å². The highest BCUT2D eigenvalue weighted by molar-refractivity contribution is 7.89. The molecule has 0 amide bonds. The van der Waals surface area contributed by atoms with E-state index in [0.29, 0.717) is 13.0 Å². The number of carboxylic acid groups (broad SMARTS) is 1. The maximum absolute atomic E-state index is 13.3. The topological polar surface area (TPSA) is 92.7 Å². The van der Waals surface area contributed by atoms with Crippen LogP contribution in [0.15, 0.2) is 83.8 Å². The summed E-state index contributed by atoms with van der Waals surface area (Å²) in [5.41, 5.74) is 3.26. The van der Waals surface area contributed by atoms with Gasteiger partial charge in [0, 0.05) is 24.3 Å². The van der Waals surface area contributed by atoms with Crippen molar-refractivity contribution in [3.05, 3.63) is 90.2 Å². The lowest BCUT2D eigenvalue weighted by Crippen LogP contribution is -2.44. The lowest BCUT2D eigenvalue weighted by molar-refractivity contribution is -0.137. The van der Waals surface area contributed by atoms with Gasteiger partial charge < -0.3 is 9.84 Å². The van der Waals surface area contributed by atoms with E-state index >= 15 is 0 Å². The van der Waals surface area contributed by atoms with Gasteiger partial charge in [-0.3, -0.25) is 4.79 Å². The molecule has 2 aliphatic rings. The number of carboxylic acids is 1. The lowest BCUT2D eigenvalue weighted by Gasteiger charge is -2.40. The summed E-state index contributed by atoms with van der Waals surface area (Å²) in [7, 11) is -3.80. The molecule has 1 saturated carbocycles. The minimum Gasteiger partial charge on any atom is -0.481 e. The molecule has 2 N–H and O–H groups in total. The van der Waals surface area contributed by atoms with E-state index in [1.54, 1.807) is 0 Å². The SMILES string of the molecule is O=C(O)CCCCC[C@H]1[C@H](CNS(=O)(=O)c2ccc(F)cc2)C2CC1(c1ccc(-c3ccccc3)cc1)CO2. The Hall–Kier alpha value is -3.07. The van der Waals surface area contributed by atoms with Gasteiger partial charge in [-0.1, -0.05) is 67.4 Å². The first-order valence-electron chi connectivity index (χ1n) is 13.5. The summed E-state index contributed by atoms with van der Waals surface area (Å²) in [6.45, 7) is 0.817. The molecule has 4 atom stereocenters. The van der Waals surface area contributed by atoms with Crippen LogP contribution in [0.2, 0.25) is 0 Å². The third kappa shape index (κ3) is 5.93. The van der Waals surface area contributed by atoms with Gasteiger partial charge in [0.1, 0.15) is 5.82 Å². The van der Waals surface area contributed by atoms with Crippen LogP contribution in [0.3, 0.4) is 0 Å². The van der Waals surface area contributed by atoms with Crippen molar-refractivity contribution < 1.29 is 27.4 Å². The molecular formula is C31H34FNO5S. The molecule has 1 aliphatic heterocycles. The van der Waals surface area contributed by atoms with Gasteiger partial charge >= 0.3 is 5.97 Å². The number of rotatable bonds is 12. The van der Waals surface area contributed by atoms with Crippen LogP contribution < -0.4 is 4.72 Å². The van der Waals surface area contributed by atoms with Crippen LogP contribution in [-0.2, 0) is 25.0 Å². The van der Waals surface area contributed by atoms with Crippen molar-refractivity contribution in [2.24, 2.45) is 11.8 Å². The van der Waals surface area contributed by atoms with Crippen LogP contribution in [-0.4, -0.2) is 38.7 Å². The first-order valence-corrected chi connectivity index (χ1v) is 15.0. The molecule has 0 spiro atoms. The Labute approximate surface area is 229 Å². The predicted octanol–water partition coefficient (Wildman–Crippen LogP) is 5.78. The second-order valence-electron chi connectivity index (χ2n) is 10.7. The van der Waals surface area contributed by atoms with E-state index < -0.39 is 21.8 Å². The molecule has 2 fully saturated rings. The predicted molar refractivity (Wildman–Crippen MR) is 147 cm³/mol. The fourth-order valence-corrected chi connectivity index (χ4v) is 7.53. The van der Waals surface area contributed by atoms with E-state index in [2.05, 4.69) is 41.1 Å². The number of nitrogens with one attached hydrogen (secondary N) is 1. The fourth-order valence-electron chi connectivity index (χ4n) is 6.46. The minimum absolute atomic E-state index is 0.0257. The van der Waals surface area contributed by atoms with E-state index in [0.717, 1.165) is 48.9 Å². The normalized spacial score (nSPS) is 24.2. The fraction of sp³-hybridized carbons (Fsp3) is 0.387. The highest BCUT2D eigenvalue weighted by Crippen LogP contribution is 2.56. The highest BCUT2D eigenvalue weighted by atomic mass is 32.2. The van der Waals surface area contributed by atoms with E-state index in [4.69, 9.17) is 9.84 Å². The van der Waals surface area contributed by atoms with Gasteiger partial charge in [-0.05, 0) is 66.1 Å². The van der Waals surface area contributed by atoms with Crippen LogP contribution in [0.5, 0.6) is 0 Å². The van der Waals surface area contributed by atoms with Gasteiger partial charge in [0.25, 0.3) is 0 Å². The molecule has 0 radical (unpaired) electrons. The lowest BCUT2D eigenvalue weighted by atomic mass is 9.68. The Bertz CT molecular complexity index is 1380. The van der Waals surface area contributed by atoms with E-state index in [9.17, 15) is 17.6 Å². The first kappa shape index (κ1) is 27.5. The van der Waals surface area contributed by atoms with Crippen LogP contribution in [0, 0.1) is 17.7 Å². The van der Waals surface area contributed by atoms with Crippen molar-refractivity contribution >= 4 is 16.0 Å². The standard InChI is InChI=1S/C31H34FNO5S/c32-25-15-17-26(18-16-25)39(36,37)33-20-27-28(9-5-2-6-10-30(34)35)31(19-29(27)38-21-31)24-13-11-23(12-14-24)22-7-3-1-4-8-22/h1,3-4,7-8,11-18,27-29,33H,2,5-6,9-10,19-21H2,(H,34,35)/t27-,28-,29?,31?/m0/s1. The van der Waals surface area contributed by atoms with Crippen LogP contribution >= 0.6 is 0 Å². The van der Waals surface area contributed by atoms with Gasteiger partial charge in [0.05, 0.1) is 17.6 Å². The quantitative estimate of drug-likeness (QED) is 0.279. The third-order valence-electron chi connectivity index (χ3n) is 8.43. The van der Waals surface area contributed by atoms with E-state index in [1.807, 2.05) is 18.2 Å². The summed E-state index contributed by atoms with van der Waals surface area (Å²) < 4.78 is 48.3.